The fourth-order valence-corrected chi connectivity index (χ4v) is 4.05. The number of hydrogen-bond donors (Lipinski definition) is 1. The van der Waals surface area contributed by atoms with E-state index in [0.717, 1.165) is 6.42 Å². The molecule has 0 saturated heterocycles. The largest absolute Gasteiger partial charge is 0.213 e. The SMILES string of the molecule is Cc1ccc(CC(C)NS(=O)(=O)CCCl)s1. The third-order valence-electron chi connectivity index (χ3n) is 2.03. The summed E-state index contributed by atoms with van der Waals surface area (Å²) >= 11 is 7.11. The van der Waals surface area contributed by atoms with Gasteiger partial charge in [0.25, 0.3) is 0 Å². The molecule has 1 unspecified atom stereocenters. The number of thiophene rings is 1. The second-order valence-corrected chi connectivity index (χ2v) is 7.37. The number of alkyl halides is 1. The summed E-state index contributed by atoms with van der Waals surface area (Å²) in [5.74, 6) is 0.0997. The third kappa shape index (κ3) is 4.82. The van der Waals surface area contributed by atoms with Crippen LogP contribution in [0, 0.1) is 6.92 Å². The molecule has 1 heterocycles. The van der Waals surface area contributed by atoms with E-state index in [9.17, 15) is 8.42 Å². The lowest BCUT2D eigenvalue weighted by Crippen LogP contribution is -2.35. The van der Waals surface area contributed by atoms with Crippen LogP contribution in [0.2, 0.25) is 0 Å². The minimum atomic E-state index is -3.22. The van der Waals surface area contributed by atoms with E-state index < -0.39 is 10.0 Å². The highest BCUT2D eigenvalue weighted by atomic mass is 35.5. The van der Waals surface area contributed by atoms with Gasteiger partial charge in [-0.25, -0.2) is 13.1 Å². The first kappa shape index (κ1) is 14.0. The molecule has 0 saturated carbocycles. The lowest BCUT2D eigenvalue weighted by atomic mass is 10.2. The van der Waals surface area contributed by atoms with Crippen LogP contribution in [0.4, 0.5) is 0 Å². The van der Waals surface area contributed by atoms with Crippen molar-refractivity contribution in [3.05, 3.63) is 21.9 Å². The molecule has 0 aliphatic heterocycles. The Kier molecular flexibility index (Phi) is 5.24. The Morgan fingerprint density at radius 1 is 1.50 bits per heavy atom. The molecule has 1 rings (SSSR count). The third-order valence-corrected chi connectivity index (χ3v) is 4.97. The summed E-state index contributed by atoms with van der Waals surface area (Å²) in [6.45, 7) is 3.90. The van der Waals surface area contributed by atoms with Gasteiger partial charge < -0.3 is 0 Å². The van der Waals surface area contributed by atoms with Crippen molar-refractivity contribution < 1.29 is 8.42 Å². The van der Waals surface area contributed by atoms with E-state index in [4.69, 9.17) is 11.6 Å². The minimum Gasteiger partial charge on any atom is -0.212 e. The zero-order valence-electron chi connectivity index (χ0n) is 9.36. The van der Waals surface area contributed by atoms with Gasteiger partial charge in [-0.15, -0.1) is 22.9 Å². The van der Waals surface area contributed by atoms with Crippen LogP contribution in [0.1, 0.15) is 16.7 Å². The summed E-state index contributed by atoms with van der Waals surface area (Å²) in [7, 11) is -3.22. The molecule has 1 N–H and O–H groups in total. The topological polar surface area (TPSA) is 46.2 Å². The molecule has 1 aromatic rings. The first-order valence-corrected chi connectivity index (χ1v) is 8.04. The maximum Gasteiger partial charge on any atom is 0.213 e. The zero-order chi connectivity index (χ0) is 12.2. The van der Waals surface area contributed by atoms with Gasteiger partial charge in [0.1, 0.15) is 0 Å². The average molecular weight is 282 g/mol. The molecule has 92 valence electrons. The van der Waals surface area contributed by atoms with E-state index in [1.165, 1.54) is 9.75 Å². The summed E-state index contributed by atoms with van der Waals surface area (Å²) < 4.78 is 25.5. The quantitative estimate of drug-likeness (QED) is 0.812. The maximum atomic E-state index is 11.4. The summed E-state index contributed by atoms with van der Waals surface area (Å²) in [4.78, 5) is 2.43. The second kappa shape index (κ2) is 6.00. The molecule has 1 aromatic heterocycles. The van der Waals surface area contributed by atoms with Crippen LogP contribution < -0.4 is 4.72 Å². The molecule has 0 aliphatic rings. The first-order valence-electron chi connectivity index (χ1n) is 5.04. The fourth-order valence-electron chi connectivity index (χ4n) is 1.41. The van der Waals surface area contributed by atoms with Gasteiger partial charge in [-0.1, -0.05) is 0 Å². The van der Waals surface area contributed by atoms with Crippen molar-refractivity contribution in [1.82, 2.24) is 4.72 Å². The number of rotatable bonds is 6. The van der Waals surface area contributed by atoms with E-state index >= 15 is 0 Å². The van der Waals surface area contributed by atoms with Crippen LogP contribution in [0.3, 0.4) is 0 Å². The fraction of sp³-hybridized carbons (Fsp3) is 0.600. The van der Waals surface area contributed by atoms with E-state index in [1.54, 1.807) is 11.3 Å². The van der Waals surface area contributed by atoms with E-state index in [1.807, 2.05) is 26.0 Å². The van der Waals surface area contributed by atoms with Gasteiger partial charge in [0, 0.05) is 21.7 Å². The minimum absolute atomic E-state index is 0.0254. The molecule has 0 amide bonds. The number of hydrogen-bond acceptors (Lipinski definition) is 3. The first-order chi connectivity index (χ1) is 7.43. The normalized spacial score (nSPS) is 13.9. The lowest BCUT2D eigenvalue weighted by molar-refractivity contribution is 0.562. The molecule has 16 heavy (non-hydrogen) atoms. The van der Waals surface area contributed by atoms with Crippen LogP contribution in [0.5, 0.6) is 0 Å². The summed E-state index contributed by atoms with van der Waals surface area (Å²) in [6.07, 6.45) is 0.722. The molecule has 0 aliphatic carbocycles. The monoisotopic (exact) mass is 281 g/mol. The van der Waals surface area contributed by atoms with Gasteiger partial charge in [0.15, 0.2) is 0 Å². The average Bonchev–Trinajstić information content (AvgIpc) is 2.49. The molecule has 0 spiro atoms. The van der Waals surface area contributed by atoms with Crippen molar-refractivity contribution in [3.63, 3.8) is 0 Å². The van der Waals surface area contributed by atoms with E-state index in [2.05, 4.69) is 4.72 Å². The zero-order valence-corrected chi connectivity index (χ0v) is 11.8. The van der Waals surface area contributed by atoms with Gasteiger partial charge in [-0.05, 0) is 32.4 Å². The predicted molar refractivity (Wildman–Crippen MR) is 69.9 cm³/mol. The van der Waals surface area contributed by atoms with Gasteiger partial charge in [-0.3, -0.25) is 0 Å². The number of sulfonamides is 1. The number of nitrogens with one attached hydrogen (secondary N) is 1. The smallest absolute Gasteiger partial charge is 0.212 e. The van der Waals surface area contributed by atoms with Crippen molar-refractivity contribution in [2.45, 2.75) is 26.3 Å². The number of aryl methyl sites for hydroxylation is 1. The Bertz CT molecular complexity index is 428. The highest BCUT2D eigenvalue weighted by molar-refractivity contribution is 7.89. The Balaban J connectivity index is 2.50. The van der Waals surface area contributed by atoms with Gasteiger partial charge in [0.2, 0.25) is 10.0 Å². The molecule has 1 atom stereocenters. The van der Waals surface area contributed by atoms with Gasteiger partial charge >= 0.3 is 0 Å². The summed E-state index contributed by atoms with van der Waals surface area (Å²) in [6, 6.07) is 3.98. The van der Waals surface area contributed by atoms with Crippen molar-refractivity contribution >= 4 is 33.0 Å². The molecule has 0 bridgehead atoms. The summed E-state index contributed by atoms with van der Waals surface area (Å²) in [5, 5.41) is 0. The van der Waals surface area contributed by atoms with Crippen LogP contribution in [0.25, 0.3) is 0 Å². The Hall–Kier alpha value is -0.100. The van der Waals surface area contributed by atoms with Crippen molar-refractivity contribution in [3.8, 4) is 0 Å². The molecule has 0 aromatic carbocycles. The van der Waals surface area contributed by atoms with Crippen LogP contribution in [-0.2, 0) is 16.4 Å². The molecule has 0 radical (unpaired) electrons. The lowest BCUT2D eigenvalue weighted by Gasteiger charge is -2.12. The number of halogens is 1. The van der Waals surface area contributed by atoms with Crippen LogP contribution in [0.15, 0.2) is 12.1 Å². The Morgan fingerprint density at radius 3 is 2.69 bits per heavy atom. The van der Waals surface area contributed by atoms with Crippen molar-refractivity contribution in [2.24, 2.45) is 0 Å². The second-order valence-electron chi connectivity index (χ2n) is 3.74. The highest BCUT2D eigenvalue weighted by Crippen LogP contribution is 2.16. The Morgan fingerprint density at radius 2 is 2.19 bits per heavy atom. The van der Waals surface area contributed by atoms with E-state index in [0.29, 0.717) is 0 Å². The molecule has 3 nitrogen and oxygen atoms in total. The van der Waals surface area contributed by atoms with Crippen LogP contribution >= 0.6 is 22.9 Å². The molecule has 0 fully saturated rings. The van der Waals surface area contributed by atoms with Crippen LogP contribution in [-0.4, -0.2) is 26.1 Å². The molecular formula is C10H16ClNO2S2. The predicted octanol–water partition coefficient (Wildman–Crippen LogP) is 2.15. The van der Waals surface area contributed by atoms with Gasteiger partial charge in [0.05, 0.1) is 5.75 Å². The molecular weight excluding hydrogens is 266 g/mol. The summed E-state index contributed by atoms with van der Waals surface area (Å²) in [5.41, 5.74) is 0. The van der Waals surface area contributed by atoms with E-state index in [-0.39, 0.29) is 17.7 Å². The maximum absolute atomic E-state index is 11.4. The van der Waals surface area contributed by atoms with Crippen molar-refractivity contribution in [1.29, 1.82) is 0 Å². The standard InChI is InChI=1S/C10H16ClNO2S2/c1-8(12-16(13,14)6-5-11)7-10-4-3-9(2)15-10/h3-4,8,12H,5-7H2,1-2H3. The van der Waals surface area contributed by atoms with Crippen molar-refractivity contribution in [2.75, 3.05) is 11.6 Å². The molecule has 6 heteroatoms. The highest BCUT2D eigenvalue weighted by Gasteiger charge is 2.14. The Labute approximate surface area is 106 Å². The van der Waals surface area contributed by atoms with Gasteiger partial charge in [-0.2, -0.15) is 0 Å².